The van der Waals surface area contributed by atoms with Gasteiger partial charge in [-0.05, 0) is 6.07 Å². The molecule has 6 nitrogen and oxygen atoms in total. The summed E-state index contributed by atoms with van der Waals surface area (Å²) < 4.78 is 6.71. The predicted octanol–water partition coefficient (Wildman–Crippen LogP) is 0.398. The number of hydrogen-bond donors (Lipinski definition) is 1. The van der Waals surface area contributed by atoms with Gasteiger partial charge in [0.15, 0.2) is 0 Å². The lowest BCUT2D eigenvalue weighted by Gasteiger charge is -2.01. The van der Waals surface area contributed by atoms with Crippen molar-refractivity contribution < 1.29 is 4.74 Å². The largest absolute Gasteiger partial charge is 0.383 e. The van der Waals surface area contributed by atoms with E-state index in [-0.39, 0.29) is 0 Å². The van der Waals surface area contributed by atoms with E-state index in [1.165, 1.54) is 6.33 Å². The quantitative estimate of drug-likeness (QED) is 0.731. The topological polar surface area (TPSA) is 64.9 Å². The van der Waals surface area contributed by atoms with Crippen LogP contribution in [-0.4, -0.2) is 40.0 Å². The zero-order valence-electron chi connectivity index (χ0n) is 9.71. The summed E-state index contributed by atoms with van der Waals surface area (Å²) in [5, 5.41) is 7.65. The molecule has 2 heterocycles. The molecule has 0 saturated carbocycles. The van der Waals surface area contributed by atoms with Crippen LogP contribution in [0, 0.1) is 0 Å². The summed E-state index contributed by atoms with van der Waals surface area (Å²) in [6.45, 7) is 2.25. The van der Waals surface area contributed by atoms with Crippen molar-refractivity contribution in [2.24, 2.45) is 0 Å². The van der Waals surface area contributed by atoms with E-state index in [1.54, 1.807) is 24.2 Å². The number of rotatable bonds is 6. The fourth-order valence-corrected chi connectivity index (χ4v) is 1.40. The maximum absolute atomic E-state index is 4.95. The molecule has 2 rings (SSSR count). The highest BCUT2D eigenvalue weighted by molar-refractivity contribution is 5.23. The summed E-state index contributed by atoms with van der Waals surface area (Å²) >= 11 is 0. The van der Waals surface area contributed by atoms with Crippen molar-refractivity contribution >= 4 is 0 Å². The van der Waals surface area contributed by atoms with Gasteiger partial charge in [0, 0.05) is 26.4 Å². The van der Waals surface area contributed by atoms with E-state index in [0.29, 0.717) is 6.61 Å². The van der Waals surface area contributed by atoms with Gasteiger partial charge in [-0.15, -0.1) is 0 Å². The van der Waals surface area contributed by atoms with Crippen LogP contribution in [0.25, 0.3) is 5.69 Å². The Morgan fingerprint density at radius 1 is 1.35 bits per heavy atom. The first kappa shape index (κ1) is 11.7. The van der Waals surface area contributed by atoms with Gasteiger partial charge in [-0.25, -0.2) is 14.6 Å². The van der Waals surface area contributed by atoms with Crippen molar-refractivity contribution in [2.45, 2.75) is 6.54 Å². The summed E-state index contributed by atoms with van der Waals surface area (Å²) in [6, 6.07) is 1.97. The molecule has 6 heteroatoms. The molecule has 1 N–H and O–H groups in total. The lowest BCUT2D eigenvalue weighted by Crippen LogP contribution is -2.18. The van der Waals surface area contributed by atoms with Crippen LogP contribution < -0.4 is 5.32 Å². The van der Waals surface area contributed by atoms with Crippen molar-refractivity contribution in [3.8, 4) is 5.69 Å². The molecule has 0 aliphatic carbocycles. The second-order valence-corrected chi connectivity index (χ2v) is 3.52. The van der Waals surface area contributed by atoms with Crippen molar-refractivity contribution in [1.29, 1.82) is 0 Å². The standard InChI is InChI=1S/C11H15N5O/c1-17-5-3-12-6-10-2-4-16(15-10)11-7-13-9-14-8-11/h2,4,7-9,12H,3,5-6H2,1H3. The second-order valence-electron chi connectivity index (χ2n) is 3.52. The zero-order valence-corrected chi connectivity index (χ0v) is 9.71. The highest BCUT2D eigenvalue weighted by Crippen LogP contribution is 2.03. The van der Waals surface area contributed by atoms with Crippen LogP contribution in [0.3, 0.4) is 0 Å². The molecule has 0 aliphatic heterocycles. The minimum absolute atomic E-state index is 0.702. The highest BCUT2D eigenvalue weighted by Gasteiger charge is 2.00. The number of methoxy groups -OCH3 is 1. The van der Waals surface area contributed by atoms with Gasteiger partial charge in [0.2, 0.25) is 0 Å². The predicted molar refractivity (Wildman–Crippen MR) is 62.7 cm³/mol. The molecule has 0 amide bonds. The maximum Gasteiger partial charge on any atom is 0.115 e. The van der Waals surface area contributed by atoms with Gasteiger partial charge in [-0.3, -0.25) is 0 Å². The smallest absolute Gasteiger partial charge is 0.115 e. The number of nitrogens with zero attached hydrogens (tertiary/aromatic N) is 4. The number of nitrogens with one attached hydrogen (secondary N) is 1. The normalized spacial score (nSPS) is 10.6. The van der Waals surface area contributed by atoms with Crippen LogP contribution in [-0.2, 0) is 11.3 Å². The molecule has 0 bridgehead atoms. The van der Waals surface area contributed by atoms with E-state index in [9.17, 15) is 0 Å². The van der Waals surface area contributed by atoms with E-state index in [2.05, 4.69) is 20.4 Å². The molecule has 0 aliphatic rings. The van der Waals surface area contributed by atoms with Crippen molar-refractivity contribution in [3.05, 3.63) is 36.7 Å². The first-order valence-electron chi connectivity index (χ1n) is 5.40. The minimum Gasteiger partial charge on any atom is -0.383 e. The molecule has 0 radical (unpaired) electrons. The molecule has 90 valence electrons. The lowest BCUT2D eigenvalue weighted by molar-refractivity contribution is 0.199. The number of hydrogen-bond acceptors (Lipinski definition) is 5. The second kappa shape index (κ2) is 6.07. The molecule has 17 heavy (non-hydrogen) atoms. The molecular formula is C11H15N5O. The molecule has 0 saturated heterocycles. The fourth-order valence-electron chi connectivity index (χ4n) is 1.40. The Labute approximate surface area is 99.7 Å². The van der Waals surface area contributed by atoms with E-state index in [4.69, 9.17) is 4.74 Å². The van der Waals surface area contributed by atoms with E-state index < -0.39 is 0 Å². The highest BCUT2D eigenvalue weighted by atomic mass is 16.5. The van der Waals surface area contributed by atoms with Crippen molar-refractivity contribution in [2.75, 3.05) is 20.3 Å². The SMILES string of the molecule is COCCNCc1ccn(-c2cncnc2)n1. The minimum atomic E-state index is 0.702. The first-order chi connectivity index (χ1) is 8.40. The van der Waals surface area contributed by atoms with Crippen LogP contribution in [0.4, 0.5) is 0 Å². The summed E-state index contributed by atoms with van der Waals surface area (Å²) in [6.07, 6.45) is 6.84. The summed E-state index contributed by atoms with van der Waals surface area (Å²) in [5.74, 6) is 0. The van der Waals surface area contributed by atoms with Gasteiger partial charge in [-0.1, -0.05) is 0 Å². The number of ether oxygens (including phenoxy) is 1. The summed E-state index contributed by atoms with van der Waals surface area (Å²) in [5.41, 5.74) is 1.83. The van der Waals surface area contributed by atoms with Crippen LogP contribution in [0.1, 0.15) is 5.69 Å². The van der Waals surface area contributed by atoms with Crippen LogP contribution in [0.5, 0.6) is 0 Å². The molecule has 2 aromatic heterocycles. The molecule has 0 spiro atoms. The Hall–Kier alpha value is -1.79. The average molecular weight is 233 g/mol. The fraction of sp³-hybridized carbons (Fsp3) is 0.364. The van der Waals surface area contributed by atoms with Crippen LogP contribution >= 0.6 is 0 Å². The molecule has 0 fully saturated rings. The van der Waals surface area contributed by atoms with Gasteiger partial charge in [0.05, 0.1) is 24.7 Å². The average Bonchev–Trinajstić information content (AvgIpc) is 2.85. The Bertz CT molecular complexity index is 442. The number of aromatic nitrogens is 4. The summed E-state index contributed by atoms with van der Waals surface area (Å²) in [7, 11) is 1.69. The van der Waals surface area contributed by atoms with E-state index in [1.807, 2.05) is 12.3 Å². The van der Waals surface area contributed by atoms with Crippen LogP contribution in [0.2, 0.25) is 0 Å². The molecule has 0 aromatic carbocycles. The van der Waals surface area contributed by atoms with E-state index in [0.717, 1.165) is 24.5 Å². The third-order valence-corrected chi connectivity index (χ3v) is 2.24. The lowest BCUT2D eigenvalue weighted by atomic mass is 10.4. The Balaban J connectivity index is 1.92. The molecule has 0 atom stereocenters. The van der Waals surface area contributed by atoms with Gasteiger partial charge >= 0.3 is 0 Å². The molecule has 2 aromatic rings. The first-order valence-corrected chi connectivity index (χ1v) is 5.40. The van der Waals surface area contributed by atoms with Gasteiger partial charge in [-0.2, -0.15) is 5.10 Å². The maximum atomic E-state index is 4.95. The Morgan fingerprint density at radius 3 is 2.94 bits per heavy atom. The Morgan fingerprint density at radius 2 is 2.18 bits per heavy atom. The third-order valence-electron chi connectivity index (χ3n) is 2.24. The van der Waals surface area contributed by atoms with Crippen LogP contribution in [0.15, 0.2) is 31.0 Å². The van der Waals surface area contributed by atoms with Crippen molar-refractivity contribution in [1.82, 2.24) is 25.1 Å². The van der Waals surface area contributed by atoms with Crippen molar-refractivity contribution in [3.63, 3.8) is 0 Å². The monoisotopic (exact) mass is 233 g/mol. The zero-order chi connectivity index (χ0) is 11.9. The Kier molecular flexibility index (Phi) is 4.17. The van der Waals surface area contributed by atoms with E-state index >= 15 is 0 Å². The van der Waals surface area contributed by atoms with Gasteiger partial charge in [0.25, 0.3) is 0 Å². The molecule has 0 unspecified atom stereocenters. The van der Waals surface area contributed by atoms with Gasteiger partial charge < -0.3 is 10.1 Å². The van der Waals surface area contributed by atoms with Gasteiger partial charge in [0.1, 0.15) is 12.0 Å². The summed E-state index contributed by atoms with van der Waals surface area (Å²) in [4.78, 5) is 7.91. The third kappa shape index (κ3) is 3.33. The molecular weight excluding hydrogens is 218 g/mol.